The van der Waals surface area contributed by atoms with E-state index >= 15 is 0 Å². The third-order valence-electron chi connectivity index (χ3n) is 16.9. The first-order chi connectivity index (χ1) is 56.2. The first-order valence-electron chi connectivity index (χ1n) is 35.3. The highest BCUT2D eigenvalue weighted by atomic mass is 35.5. The van der Waals surface area contributed by atoms with Crippen molar-refractivity contribution >= 4 is 113 Å². The van der Waals surface area contributed by atoms with Gasteiger partial charge in [-0.2, -0.15) is 0 Å². The van der Waals surface area contributed by atoms with Gasteiger partial charge in [0.15, 0.2) is 17.0 Å². The predicted molar refractivity (Wildman–Crippen MR) is 436 cm³/mol. The van der Waals surface area contributed by atoms with Crippen molar-refractivity contribution in [2.45, 2.75) is 119 Å². The van der Waals surface area contributed by atoms with E-state index in [0.717, 1.165) is 22.3 Å². The molecule has 0 fully saturated rings. The Bertz CT molecular complexity index is 4360. The molecule has 118 heavy (non-hydrogen) atoms. The molecule has 2 aliphatic rings. The molecule has 29 nitrogen and oxygen atoms in total. The molecule has 0 aliphatic carbocycles. The number of nitrogens with two attached hydrogens (primary N) is 3. The molecular formula is C78H87Cl2F3N6O23S6-6. The number of carbonyl (C=O) groups excluding carboxylic acids is 2. The van der Waals surface area contributed by atoms with Gasteiger partial charge in [0.2, 0.25) is 11.8 Å². The highest BCUT2D eigenvalue weighted by Gasteiger charge is 2.35. The Morgan fingerprint density at radius 2 is 0.763 bits per heavy atom. The minimum Gasteiger partial charge on any atom is -0.772 e. The lowest BCUT2D eigenvalue weighted by Crippen LogP contribution is -2.43. The molecule has 1 amide bonds. The predicted octanol–water partition coefficient (Wildman–Crippen LogP) is 6.03. The summed E-state index contributed by atoms with van der Waals surface area (Å²) in [5.74, 6) is -0.973. The van der Waals surface area contributed by atoms with Crippen molar-refractivity contribution in [1.82, 2.24) is 5.32 Å². The van der Waals surface area contributed by atoms with E-state index in [9.17, 15) is 101 Å². The number of aliphatic imine (C=N–C) groups is 2. The second-order valence-corrected chi connectivity index (χ2v) is 32.1. The summed E-state index contributed by atoms with van der Waals surface area (Å²) < 4.78 is 182. The molecule has 0 saturated carbocycles. The number of alkyl halides is 5. The summed E-state index contributed by atoms with van der Waals surface area (Å²) in [5, 5.41) is 59.7. The lowest BCUT2D eigenvalue weighted by Gasteiger charge is -2.22. The van der Waals surface area contributed by atoms with Gasteiger partial charge in [-0.3, -0.25) is 34.8 Å². The van der Waals surface area contributed by atoms with Gasteiger partial charge in [-0.1, -0.05) is 272 Å². The number of carbonyl (C=O) groups is 2. The van der Waals surface area contributed by atoms with Crippen LogP contribution in [0.4, 0.5) is 13.2 Å². The number of aliphatic hydroxyl groups is 6. The molecule has 6 unspecified atom stereocenters. The van der Waals surface area contributed by atoms with Gasteiger partial charge in [-0.25, -0.2) is 23.2 Å². The Morgan fingerprint density at radius 3 is 1.05 bits per heavy atom. The van der Waals surface area contributed by atoms with Crippen LogP contribution in [0.2, 0.25) is 0 Å². The average molecular weight is 1800 g/mol. The van der Waals surface area contributed by atoms with Crippen LogP contribution in [0.1, 0.15) is 121 Å². The zero-order valence-electron chi connectivity index (χ0n) is 62.7. The minimum absolute atomic E-state index is 0.0129. The fraction of sp³-hybridized carbons (Fsp3) is 0.333. The molecule has 2 heterocycles. The molecule has 13 N–H and O–H groups in total. The van der Waals surface area contributed by atoms with E-state index in [1.165, 1.54) is 36.4 Å². The van der Waals surface area contributed by atoms with E-state index in [2.05, 4.69) is 15.3 Å². The largest absolute Gasteiger partial charge is 0.772 e. The number of halogens is 5. The van der Waals surface area contributed by atoms with Crippen LogP contribution < -0.4 is 22.5 Å². The number of hydrogen-bond acceptors (Lipinski definition) is 28. The zero-order valence-corrected chi connectivity index (χ0v) is 69.1. The van der Waals surface area contributed by atoms with Gasteiger partial charge >= 0.3 is 5.97 Å². The van der Waals surface area contributed by atoms with Crippen LogP contribution in [0.3, 0.4) is 0 Å². The molecule has 0 radical (unpaired) electrons. The van der Waals surface area contributed by atoms with Gasteiger partial charge < -0.3 is 94.7 Å². The van der Waals surface area contributed by atoms with Crippen LogP contribution in [-0.2, 0) is 125 Å². The third-order valence-corrected chi connectivity index (χ3v) is 20.7. The van der Waals surface area contributed by atoms with E-state index in [1.54, 1.807) is 104 Å². The van der Waals surface area contributed by atoms with Crippen LogP contribution in [0.25, 0.3) is 0 Å². The molecule has 8 aromatic carbocycles. The first-order valence-corrected chi connectivity index (χ1v) is 43.7. The van der Waals surface area contributed by atoms with Crippen molar-refractivity contribution in [2.75, 3.05) is 39.8 Å². The maximum absolute atomic E-state index is 13.3. The van der Waals surface area contributed by atoms with Crippen molar-refractivity contribution in [3.05, 3.63) is 284 Å². The molecule has 40 heteroatoms. The summed E-state index contributed by atoms with van der Waals surface area (Å²) in [5.41, 5.74) is 25.3. The number of ether oxygens (including phenoxy) is 3. The number of esters is 1. The minimum atomic E-state index is -2.22. The highest BCUT2D eigenvalue weighted by molar-refractivity contribution is 7.79. The summed E-state index contributed by atoms with van der Waals surface area (Å²) in [4.78, 5) is 30.1. The van der Waals surface area contributed by atoms with Crippen LogP contribution in [0.5, 0.6) is 0 Å². The van der Waals surface area contributed by atoms with Crippen molar-refractivity contribution in [3.8, 4) is 0 Å². The van der Waals surface area contributed by atoms with Crippen LogP contribution in [0, 0.1) is 0 Å². The monoisotopic (exact) mass is 1790 g/mol. The van der Waals surface area contributed by atoms with Crippen molar-refractivity contribution in [3.63, 3.8) is 0 Å². The van der Waals surface area contributed by atoms with Crippen LogP contribution >= 0.6 is 23.2 Å². The average Bonchev–Trinajstić information content (AvgIpc) is 1.66. The van der Waals surface area contributed by atoms with Crippen molar-refractivity contribution in [2.24, 2.45) is 27.2 Å². The van der Waals surface area contributed by atoms with Crippen LogP contribution in [-0.4, -0.2) is 188 Å². The molecule has 2 aliphatic heterocycles. The standard InChI is InChI=1S/C17H16FNO3S.C17H17NO4S.C12H14Cl2FNO4S.C12H17NO5S.C10H14FNO3S.C10H15NO4S/c18-10-15-16(13-8-6-12(7-9-13)11-23(20)21)22-17(19-15)14-4-2-1-3-5-14;19-10-15-16(13-8-6-12(7-9-13)11-23(20)21)22-17(18-15)14-4-2-1-3-5-14;13-11(14)12(18)16-9(5-15)10(17)8-3-1-7(2-4-8)6-21(19)20;1-2-18-12(15)10(13)11(14)9-5-3-8(4-6-9)7-19(16)17;11-5-9(12)10(13)8-3-1-7(2-4-8)6-16(14)15;11-9(5-12)10(13)8-3-1-7(2-4-8)6-16(14)15/h1-9,15-16H,10-11H2,(H,20,21);1-9,15-16,19H,10-11H2,(H,20,21);1-4,9-11,17H,5-6H2,(H,16,18)(H,19,20);3-6,10-11,14H,2,7,13H2,1H3,(H,16,17);1-4,9-10,13H,5-6,12H2,(H,14,15);1-4,9-10,12-13H,5-6,11H2,(H,14,15)/p-6/t2*15-,16-;9-,10-;10-,11+;2*9-,10-/m111011/s1. The molecular weight excluding hydrogens is 1710 g/mol. The first kappa shape index (κ1) is 101. The number of nitrogens with zero attached hydrogens (tertiary/aromatic N) is 2. The van der Waals surface area contributed by atoms with Gasteiger partial charge in [0.05, 0.1) is 50.2 Å². The molecule has 0 spiro atoms. The summed E-state index contributed by atoms with van der Waals surface area (Å²) in [6.07, 6.45) is -5.39. The number of rotatable bonds is 33. The summed E-state index contributed by atoms with van der Waals surface area (Å²) in [7, 11) is 0. The maximum Gasteiger partial charge on any atom is 0.325 e. The van der Waals surface area contributed by atoms with Gasteiger partial charge in [0, 0.05) is 45.6 Å². The Morgan fingerprint density at radius 1 is 0.458 bits per heavy atom. The van der Waals surface area contributed by atoms with E-state index < -0.39 is 164 Å². The summed E-state index contributed by atoms with van der Waals surface area (Å²) in [6, 6.07) is 52.7. The topological polar surface area (TPSA) is 539 Å². The van der Waals surface area contributed by atoms with Gasteiger partial charge in [-0.15, -0.1) is 0 Å². The van der Waals surface area contributed by atoms with Crippen LogP contribution in [0.15, 0.2) is 216 Å². The molecule has 10 rings (SSSR count). The lowest BCUT2D eigenvalue weighted by atomic mass is 10.0. The molecule has 0 aromatic heterocycles. The molecule has 0 bridgehead atoms. The maximum atomic E-state index is 13.3. The Balaban J connectivity index is 0.000000254. The van der Waals surface area contributed by atoms with E-state index in [-0.39, 0.29) is 66.5 Å². The molecule has 18 atom stereocenters. The van der Waals surface area contributed by atoms with Gasteiger partial charge in [0.1, 0.15) is 50.4 Å². The summed E-state index contributed by atoms with van der Waals surface area (Å²) >= 11 is -2.20. The number of nitrogens with one attached hydrogen (secondary N) is 1. The second-order valence-electron chi connectivity index (χ2n) is 25.6. The number of benzene rings is 8. The van der Waals surface area contributed by atoms with Gasteiger partial charge in [0.25, 0.3) is 5.91 Å². The fourth-order valence-corrected chi connectivity index (χ4v) is 13.7. The highest BCUT2D eigenvalue weighted by Crippen LogP contribution is 2.34. The normalized spacial score (nSPS) is 18.2. The third kappa shape index (κ3) is 34.8. The quantitative estimate of drug-likeness (QED) is 0.0127. The smallest absolute Gasteiger partial charge is 0.325 e. The second kappa shape index (κ2) is 53.2. The Kier molecular flexibility index (Phi) is 45.4. The molecule has 0 saturated heterocycles. The number of aliphatic hydroxyl groups excluding tert-OH is 6. The van der Waals surface area contributed by atoms with Crippen molar-refractivity contribution in [1.29, 1.82) is 0 Å². The number of amides is 1. The Labute approximate surface area is 704 Å². The van der Waals surface area contributed by atoms with E-state index in [1.807, 2.05) is 72.8 Å². The molecule has 8 aromatic rings. The lowest BCUT2D eigenvalue weighted by molar-refractivity contribution is -0.147. The molecule has 644 valence electrons. The van der Waals surface area contributed by atoms with E-state index in [0.29, 0.717) is 67.4 Å². The SMILES string of the molecule is CCOC(=O)[C@@H](N)[C@H](O)c1ccc(CS(=O)[O-])cc1.N[C@H](CF)[C@H](O)c1ccc(CS(=O)[O-])cc1.N[C@H](CO)[C@H](O)c1ccc(CS(=O)[O-])cc1.O=C(N[C@H](CF)[C@H](O)c1ccc(CS(=O)[O-])cc1)C(Cl)Cl.O=S([O-])Cc1ccc([C@H]2OC(c3ccccc3)=N[C@@H]2CF)cc1.O=S([O-])Cc1ccc([C@H]2OC(c3ccccc3)=N[C@@H]2CO)cc1. The van der Waals surface area contributed by atoms with Crippen molar-refractivity contribution < 1.29 is 120 Å². The van der Waals surface area contributed by atoms with Gasteiger partial charge in [-0.05, 0) is 98.0 Å². The van der Waals surface area contributed by atoms with E-state index in [4.69, 9.17) is 59.7 Å². The number of hydrogen-bond donors (Lipinski definition) is 10. The summed E-state index contributed by atoms with van der Waals surface area (Å²) in [6.45, 7) is -1.04. The fourth-order valence-electron chi connectivity index (χ4n) is 10.8. The zero-order chi connectivity index (χ0) is 87.1. The Hall–Kier alpha value is -7.69.